The number of ether oxygens (including phenoxy) is 1. The normalized spacial score (nSPS) is 22.6. The lowest BCUT2D eigenvalue weighted by molar-refractivity contribution is -0.158. The number of hydrogen-bond donors (Lipinski definition) is 3. The molecule has 2 aliphatic rings. The number of nitrogens with zero attached hydrogens (tertiary/aromatic N) is 2. The quantitative estimate of drug-likeness (QED) is 0.557. The Kier molecular flexibility index (Phi) is 6.74. The van der Waals surface area contributed by atoms with Gasteiger partial charge in [0.25, 0.3) is 5.91 Å². The molecule has 0 aromatic heterocycles. The van der Waals surface area contributed by atoms with Crippen LogP contribution in [-0.4, -0.2) is 72.1 Å². The van der Waals surface area contributed by atoms with Crippen LogP contribution in [0.25, 0.3) is 0 Å². The predicted molar refractivity (Wildman–Crippen MR) is 111 cm³/mol. The SMILES string of the molecule is CN1C(=O)C2CNCCC2N1C(=O)C(COCc1ccccc1)NC(=O)C(C)(C)N. The zero-order valence-corrected chi connectivity index (χ0v) is 17.8. The van der Waals surface area contributed by atoms with E-state index in [0.29, 0.717) is 19.6 Å². The number of nitrogens with one attached hydrogen (secondary N) is 2. The highest BCUT2D eigenvalue weighted by atomic mass is 16.5. The van der Waals surface area contributed by atoms with Gasteiger partial charge in [-0.15, -0.1) is 0 Å². The fourth-order valence-electron chi connectivity index (χ4n) is 3.82. The summed E-state index contributed by atoms with van der Waals surface area (Å²) < 4.78 is 5.76. The van der Waals surface area contributed by atoms with Crippen molar-refractivity contribution in [1.29, 1.82) is 0 Å². The van der Waals surface area contributed by atoms with Gasteiger partial charge in [-0.25, -0.2) is 5.01 Å². The van der Waals surface area contributed by atoms with Gasteiger partial charge in [0.05, 0.1) is 30.7 Å². The zero-order valence-electron chi connectivity index (χ0n) is 17.8. The predicted octanol–water partition coefficient (Wildman–Crippen LogP) is -0.381. The zero-order chi connectivity index (χ0) is 21.9. The molecule has 1 aromatic carbocycles. The molecule has 0 aliphatic carbocycles. The van der Waals surface area contributed by atoms with Crippen molar-refractivity contribution in [3.63, 3.8) is 0 Å². The average molecular weight is 418 g/mol. The monoisotopic (exact) mass is 417 g/mol. The maximum atomic E-state index is 13.4. The number of benzene rings is 1. The van der Waals surface area contributed by atoms with Gasteiger partial charge in [-0.3, -0.25) is 19.4 Å². The summed E-state index contributed by atoms with van der Waals surface area (Å²) in [5, 5.41) is 8.77. The molecule has 0 bridgehead atoms. The van der Waals surface area contributed by atoms with Crippen LogP contribution < -0.4 is 16.4 Å². The molecule has 2 saturated heterocycles. The van der Waals surface area contributed by atoms with Crippen molar-refractivity contribution in [2.75, 3.05) is 26.7 Å². The van der Waals surface area contributed by atoms with Crippen molar-refractivity contribution >= 4 is 17.7 Å². The van der Waals surface area contributed by atoms with E-state index in [9.17, 15) is 14.4 Å². The summed E-state index contributed by atoms with van der Waals surface area (Å²) in [5.41, 5.74) is 5.71. The second-order valence-electron chi connectivity index (χ2n) is 8.46. The number of piperidine rings is 1. The van der Waals surface area contributed by atoms with E-state index in [1.807, 2.05) is 30.3 Å². The van der Waals surface area contributed by atoms with Crippen LogP contribution in [0.5, 0.6) is 0 Å². The molecular weight excluding hydrogens is 386 g/mol. The first-order valence-electron chi connectivity index (χ1n) is 10.2. The molecule has 9 heteroatoms. The van der Waals surface area contributed by atoms with Crippen molar-refractivity contribution in [3.05, 3.63) is 35.9 Å². The van der Waals surface area contributed by atoms with E-state index in [1.54, 1.807) is 20.9 Å². The summed E-state index contributed by atoms with van der Waals surface area (Å²) in [6.45, 7) is 4.69. The van der Waals surface area contributed by atoms with Crippen LogP contribution in [0.15, 0.2) is 30.3 Å². The van der Waals surface area contributed by atoms with E-state index in [4.69, 9.17) is 10.5 Å². The van der Waals surface area contributed by atoms with Crippen LogP contribution >= 0.6 is 0 Å². The minimum absolute atomic E-state index is 0.0241. The fraction of sp³-hybridized carbons (Fsp3) is 0.571. The smallest absolute Gasteiger partial charge is 0.266 e. The van der Waals surface area contributed by atoms with Gasteiger partial charge in [0.1, 0.15) is 6.04 Å². The van der Waals surface area contributed by atoms with Crippen LogP contribution in [0, 0.1) is 5.92 Å². The topological polar surface area (TPSA) is 117 Å². The van der Waals surface area contributed by atoms with Gasteiger partial charge in [0.2, 0.25) is 11.8 Å². The summed E-state index contributed by atoms with van der Waals surface area (Å²) in [7, 11) is 1.59. The molecule has 9 nitrogen and oxygen atoms in total. The number of hydrazine groups is 1. The first-order valence-corrected chi connectivity index (χ1v) is 10.2. The molecule has 164 valence electrons. The summed E-state index contributed by atoms with van der Waals surface area (Å²) >= 11 is 0. The Balaban J connectivity index is 1.75. The largest absolute Gasteiger partial charge is 0.374 e. The van der Waals surface area contributed by atoms with Crippen LogP contribution in [0.4, 0.5) is 0 Å². The van der Waals surface area contributed by atoms with Crippen LogP contribution in [0.1, 0.15) is 25.8 Å². The van der Waals surface area contributed by atoms with Gasteiger partial charge in [0, 0.05) is 13.6 Å². The molecule has 2 heterocycles. The highest BCUT2D eigenvalue weighted by Crippen LogP contribution is 2.29. The van der Waals surface area contributed by atoms with Gasteiger partial charge in [-0.05, 0) is 32.4 Å². The maximum Gasteiger partial charge on any atom is 0.266 e. The molecule has 3 unspecified atom stereocenters. The van der Waals surface area contributed by atoms with Gasteiger partial charge < -0.3 is 21.1 Å². The van der Waals surface area contributed by atoms with Crippen molar-refractivity contribution < 1.29 is 19.1 Å². The number of nitrogens with two attached hydrogens (primary N) is 1. The van der Waals surface area contributed by atoms with Crippen LogP contribution in [0.2, 0.25) is 0 Å². The van der Waals surface area contributed by atoms with Crippen molar-refractivity contribution in [3.8, 4) is 0 Å². The maximum absolute atomic E-state index is 13.4. The lowest BCUT2D eigenvalue weighted by Crippen LogP contribution is -2.60. The number of carbonyl (C=O) groups excluding carboxylic acids is 3. The fourth-order valence-corrected chi connectivity index (χ4v) is 3.82. The third-order valence-corrected chi connectivity index (χ3v) is 5.53. The number of amides is 3. The molecule has 30 heavy (non-hydrogen) atoms. The standard InChI is InChI=1S/C21H31N5O4/c1-21(2,22)20(29)24-16(13-30-12-14-7-5-4-6-8-14)19(28)26-17-9-10-23-11-15(17)18(27)25(26)3/h4-8,15-17,23H,9-13,22H2,1-3H3,(H,24,29). The summed E-state index contributed by atoms with van der Waals surface area (Å²) in [6.07, 6.45) is 0.667. The molecule has 0 spiro atoms. The van der Waals surface area contributed by atoms with Crippen molar-refractivity contribution in [1.82, 2.24) is 20.7 Å². The third-order valence-electron chi connectivity index (χ3n) is 5.53. The van der Waals surface area contributed by atoms with E-state index < -0.39 is 17.5 Å². The molecular formula is C21H31N5O4. The lowest BCUT2D eigenvalue weighted by Gasteiger charge is -2.35. The van der Waals surface area contributed by atoms with E-state index in [0.717, 1.165) is 12.1 Å². The molecule has 3 atom stereocenters. The second kappa shape index (κ2) is 9.11. The van der Waals surface area contributed by atoms with Crippen molar-refractivity contribution in [2.45, 2.75) is 44.5 Å². The number of rotatable bonds is 7. The Labute approximate surface area is 176 Å². The minimum Gasteiger partial charge on any atom is -0.374 e. The Morgan fingerprint density at radius 3 is 2.70 bits per heavy atom. The van der Waals surface area contributed by atoms with Gasteiger partial charge >= 0.3 is 0 Å². The minimum atomic E-state index is -1.15. The second-order valence-corrected chi connectivity index (χ2v) is 8.46. The molecule has 2 fully saturated rings. The van der Waals surface area contributed by atoms with Crippen LogP contribution in [-0.2, 0) is 25.7 Å². The average Bonchev–Trinajstić information content (AvgIpc) is 2.97. The molecule has 2 aliphatic heterocycles. The highest BCUT2D eigenvalue weighted by molar-refractivity contribution is 5.94. The molecule has 0 radical (unpaired) electrons. The Morgan fingerprint density at radius 2 is 2.03 bits per heavy atom. The third kappa shape index (κ3) is 4.80. The van der Waals surface area contributed by atoms with Crippen LogP contribution in [0.3, 0.4) is 0 Å². The Morgan fingerprint density at radius 1 is 1.33 bits per heavy atom. The van der Waals surface area contributed by atoms with E-state index >= 15 is 0 Å². The number of hydrogen-bond acceptors (Lipinski definition) is 6. The lowest BCUT2D eigenvalue weighted by atomic mass is 9.94. The highest BCUT2D eigenvalue weighted by Gasteiger charge is 2.49. The Bertz CT molecular complexity index is 779. The van der Waals surface area contributed by atoms with E-state index in [2.05, 4.69) is 10.6 Å². The van der Waals surface area contributed by atoms with Gasteiger partial charge in [0.15, 0.2) is 0 Å². The van der Waals surface area contributed by atoms with Gasteiger partial charge in [-0.2, -0.15) is 0 Å². The molecule has 3 rings (SSSR count). The summed E-state index contributed by atoms with van der Waals surface area (Å²) in [5.74, 6) is -1.21. The first kappa shape index (κ1) is 22.2. The molecule has 3 amide bonds. The Hall–Kier alpha value is -2.49. The van der Waals surface area contributed by atoms with E-state index in [1.165, 1.54) is 10.0 Å². The summed E-state index contributed by atoms with van der Waals surface area (Å²) in [6, 6.07) is 8.39. The van der Waals surface area contributed by atoms with E-state index in [-0.39, 0.29) is 30.4 Å². The van der Waals surface area contributed by atoms with Crippen molar-refractivity contribution in [2.24, 2.45) is 11.7 Å². The number of carbonyl (C=O) groups is 3. The molecule has 1 aromatic rings. The summed E-state index contributed by atoms with van der Waals surface area (Å²) in [4.78, 5) is 38.6. The van der Waals surface area contributed by atoms with Gasteiger partial charge in [-0.1, -0.05) is 30.3 Å². The molecule has 0 saturated carbocycles. The first-order chi connectivity index (χ1) is 14.2. The number of fused-ring (bicyclic) bond motifs is 1. The molecule has 4 N–H and O–H groups in total.